The van der Waals surface area contributed by atoms with Gasteiger partial charge < -0.3 is 0 Å². The van der Waals surface area contributed by atoms with Gasteiger partial charge in [0, 0.05) is 12.6 Å². The maximum absolute atomic E-state index is 5.75. The van der Waals surface area contributed by atoms with Gasteiger partial charge in [-0.25, -0.2) is 5.01 Å². The standard InChI is InChI=1S/C7H14N2/c8-9-5-1-2-6-3-4-7(6)9/h6-7H,1-5,8H2/t6-,7+/m1/s1. The van der Waals surface area contributed by atoms with Crippen LogP contribution in [-0.2, 0) is 0 Å². The number of hydrogen-bond donors (Lipinski definition) is 1. The average molecular weight is 126 g/mol. The van der Waals surface area contributed by atoms with Gasteiger partial charge in [-0.05, 0) is 31.6 Å². The first-order valence-electron chi connectivity index (χ1n) is 3.89. The first kappa shape index (κ1) is 5.69. The van der Waals surface area contributed by atoms with Crippen LogP contribution >= 0.6 is 0 Å². The molecule has 0 aromatic heterocycles. The molecular formula is C7H14N2. The molecule has 0 radical (unpaired) electrons. The second-order valence-corrected chi connectivity index (χ2v) is 3.28. The van der Waals surface area contributed by atoms with E-state index in [0.29, 0.717) is 0 Å². The van der Waals surface area contributed by atoms with Crippen molar-refractivity contribution in [3.05, 3.63) is 0 Å². The highest BCUT2D eigenvalue weighted by Gasteiger charge is 2.36. The molecule has 1 saturated carbocycles. The van der Waals surface area contributed by atoms with Crippen LogP contribution in [0.5, 0.6) is 0 Å². The molecule has 9 heavy (non-hydrogen) atoms. The maximum atomic E-state index is 5.75. The molecule has 1 aliphatic carbocycles. The van der Waals surface area contributed by atoms with Crippen LogP contribution in [0, 0.1) is 5.92 Å². The summed E-state index contributed by atoms with van der Waals surface area (Å²) >= 11 is 0. The number of nitrogens with zero attached hydrogens (tertiary/aromatic N) is 1. The zero-order chi connectivity index (χ0) is 6.27. The van der Waals surface area contributed by atoms with Crippen LogP contribution in [0.2, 0.25) is 0 Å². The van der Waals surface area contributed by atoms with Crippen molar-refractivity contribution in [2.24, 2.45) is 11.8 Å². The van der Waals surface area contributed by atoms with Crippen LogP contribution in [0.25, 0.3) is 0 Å². The lowest BCUT2D eigenvalue weighted by Crippen LogP contribution is -2.54. The molecule has 0 amide bonds. The number of piperidine rings is 1. The molecule has 2 rings (SSSR count). The van der Waals surface area contributed by atoms with Crippen LogP contribution in [0.15, 0.2) is 0 Å². The molecule has 2 N–H and O–H groups in total. The van der Waals surface area contributed by atoms with Gasteiger partial charge in [-0.15, -0.1) is 0 Å². The highest BCUT2D eigenvalue weighted by molar-refractivity contribution is 4.89. The predicted octanol–water partition coefficient (Wildman–Crippen LogP) is 0.734. The van der Waals surface area contributed by atoms with Gasteiger partial charge in [0.15, 0.2) is 0 Å². The van der Waals surface area contributed by atoms with Crippen molar-refractivity contribution in [1.82, 2.24) is 5.01 Å². The lowest BCUT2D eigenvalue weighted by molar-refractivity contribution is 0.0203. The molecule has 1 aliphatic heterocycles. The summed E-state index contributed by atoms with van der Waals surface area (Å²) in [5.41, 5.74) is 0. The Morgan fingerprint density at radius 3 is 2.56 bits per heavy atom. The second-order valence-electron chi connectivity index (χ2n) is 3.28. The van der Waals surface area contributed by atoms with Crippen molar-refractivity contribution in [2.45, 2.75) is 31.7 Å². The van der Waals surface area contributed by atoms with E-state index in [2.05, 4.69) is 0 Å². The number of rotatable bonds is 0. The molecule has 1 heterocycles. The van der Waals surface area contributed by atoms with Crippen molar-refractivity contribution in [3.8, 4) is 0 Å². The maximum Gasteiger partial charge on any atom is 0.0269 e. The van der Waals surface area contributed by atoms with E-state index in [1.54, 1.807) is 0 Å². The monoisotopic (exact) mass is 126 g/mol. The van der Waals surface area contributed by atoms with E-state index in [4.69, 9.17) is 5.84 Å². The van der Waals surface area contributed by atoms with E-state index >= 15 is 0 Å². The Kier molecular flexibility index (Phi) is 1.24. The van der Waals surface area contributed by atoms with E-state index in [-0.39, 0.29) is 0 Å². The van der Waals surface area contributed by atoms with E-state index in [1.807, 2.05) is 5.01 Å². The van der Waals surface area contributed by atoms with Crippen LogP contribution in [0.4, 0.5) is 0 Å². The molecular weight excluding hydrogens is 112 g/mol. The summed E-state index contributed by atoms with van der Waals surface area (Å²) in [6.45, 7) is 1.13. The Morgan fingerprint density at radius 2 is 2.11 bits per heavy atom. The molecule has 52 valence electrons. The molecule has 2 aliphatic rings. The summed E-state index contributed by atoms with van der Waals surface area (Å²) < 4.78 is 0. The highest BCUT2D eigenvalue weighted by atomic mass is 15.4. The van der Waals surface area contributed by atoms with Gasteiger partial charge in [0.05, 0.1) is 0 Å². The molecule has 2 nitrogen and oxygen atoms in total. The first-order chi connectivity index (χ1) is 4.38. The minimum Gasteiger partial charge on any atom is -0.269 e. The fourth-order valence-corrected chi connectivity index (χ4v) is 2.03. The largest absolute Gasteiger partial charge is 0.269 e. The van der Waals surface area contributed by atoms with Gasteiger partial charge >= 0.3 is 0 Å². The summed E-state index contributed by atoms with van der Waals surface area (Å²) in [6.07, 6.45) is 5.52. The lowest BCUT2D eigenvalue weighted by Gasteiger charge is -2.46. The first-order valence-corrected chi connectivity index (χ1v) is 3.89. The Hall–Kier alpha value is -0.0800. The van der Waals surface area contributed by atoms with Gasteiger partial charge in [0.2, 0.25) is 0 Å². The summed E-state index contributed by atoms with van der Waals surface area (Å²) in [5.74, 6) is 6.72. The van der Waals surface area contributed by atoms with Crippen LogP contribution in [0.3, 0.4) is 0 Å². The Bertz CT molecular complexity index is 107. The molecule has 2 atom stereocenters. The number of hydrogen-bond acceptors (Lipinski definition) is 2. The van der Waals surface area contributed by atoms with Crippen LogP contribution in [-0.4, -0.2) is 17.6 Å². The molecule has 2 heteroatoms. The zero-order valence-electron chi connectivity index (χ0n) is 5.71. The number of fused-ring (bicyclic) bond motifs is 1. The molecule has 0 aromatic carbocycles. The highest BCUT2D eigenvalue weighted by Crippen LogP contribution is 2.37. The lowest BCUT2D eigenvalue weighted by atomic mass is 9.74. The third kappa shape index (κ3) is 0.775. The van der Waals surface area contributed by atoms with Crippen molar-refractivity contribution in [1.29, 1.82) is 0 Å². The zero-order valence-corrected chi connectivity index (χ0v) is 5.71. The van der Waals surface area contributed by atoms with Gasteiger partial charge in [0.1, 0.15) is 0 Å². The smallest absolute Gasteiger partial charge is 0.0269 e. The molecule has 0 bridgehead atoms. The van der Waals surface area contributed by atoms with Crippen molar-refractivity contribution >= 4 is 0 Å². The summed E-state index contributed by atoms with van der Waals surface area (Å²) in [4.78, 5) is 0. The molecule has 1 saturated heterocycles. The van der Waals surface area contributed by atoms with Crippen LogP contribution < -0.4 is 5.84 Å². The van der Waals surface area contributed by atoms with Crippen molar-refractivity contribution in [3.63, 3.8) is 0 Å². The Balaban J connectivity index is 1.98. The predicted molar refractivity (Wildman–Crippen MR) is 36.6 cm³/mol. The SMILES string of the molecule is NN1CCC[C@@H]2CC[C@@H]21. The van der Waals surface area contributed by atoms with Gasteiger partial charge in [-0.1, -0.05) is 0 Å². The average Bonchev–Trinajstić information content (AvgIpc) is 1.74. The second kappa shape index (κ2) is 1.96. The normalized spacial score (nSPS) is 43.7. The molecule has 0 spiro atoms. The molecule has 0 unspecified atom stereocenters. The van der Waals surface area contributed by atoms with E-state index in [9.17, 15) is 0 Å². The van der Waals surface area contributed by atoms with Crippen molar-refractivity contribution in [2.75, 3.05) is 6.54 Å². The Morgan fingerprint density at radius 1 is 1.22 bits per heavy atom. The summed E-state index contributed by atoms with van der Waals surface area (Å²) in [5, 5.41) is 2.04. The number of nitrogens with two attached hydrogens (primary N) is 1. The Labute approximate surface area is 56.0 Å². The summed E-state index contributed by atoms with van der Waals surface area (Å²) in [6, 6.07) is 0.763. The fraction of sp³-hybridized carbons (Fsp3) is 1.00. The fourth-order valence-electron chi connectivity index (χ4n) is 2.03. The van der Waals surface area contributed by atoms with Crippen molar-refractivity contribution < 1.29 is 0 Å². The number of hydrazine groups is 1. The van der Waals surface area contributed by atoms with Crippen LogP contribution in [0.1, 0.15) is 25.7 Å². The quantitative estimate of drug-likeness (QED) is 0.485. The third-order valence-electron chi connectivity index (χ3n) is 2.79. The third-order valence-corrected chi connectivity index (χ3v) is 2.79. The topological polar surface area (TPSA) is 29.3 Å². The van der Waals surface area contributed by atoms with E-state index in [0.717, 1.165) is 18.5 Å². The molecule has 2 fully saturated rings. The van der Waals surface area contributed by atoms with Gasteiger partial charge in [-0.2, -0.15) is 0 Å². The summed E-state index contributed by atoms with van der Waals surface area (Å²) in [7, 11) is 0. The van der Waals surface area contributed by atoms with Gasteiger partial charge in [-0.3, -0.25) is 5.84 Å². The van der Waals surface area contributed by atoms with E-state index in [1.165, 1.54) is 25.7 Å². The van der Waals surface area contributed by atoms with E-state index < -0.39 is 0 Å². The molecule has 0 aromatic rings. The minimum absolute atomic E-state index is 0.763. The minimum atomic E-state index is 0.763. The van der Waals surface area contributed by atoms with Gasteiger partial charge in [0.25, 0.3) is 0 Å².